The molecule has 0 aliphatic carbocycles. The molecule has 0 aromatic heterocycles. The molecule has 1 atom stereocenters. The zero-order chi connectivity index (χ0) is 15.3. The fourth-order valence-corrected chi connectivity index (χ4v) is 1.83. The predicted octanol–water partition coefficient (Wildman–Crippen LogP) is 3.07. The number of aliphatic hydroxyl groups is 1. The maximum absolute atomic E-state index is 11.8. The SMILES string of the molecule is CC(C)(C)OC(=O)Nc1ccc(Cl)cc1[C@H](O)CCN. The summed E-state index contributed by atoms with van der Waals surface area (Å²) < 4.78 is 5.18. The molecule has 0 unspecified atom stereocenters. The maximum Gasteiger partial charge on any atom is 0.412 e. The molecule has 1 rings (SSSR count). The largest absolute Gasteiger partial charge is 0.444 e. The van der Waals surface area contributed by atoms with Gasteiger partial charge in [-0.05, 0) is 51.9 Å². The van der Waals surface area contributed by atoms with Gasteiger partial charge in [-0.1, -0.05) is 11.6 Å². The summed E-state index contributed by atoms with van der Waals surface area (Å²) in [6.07, 6.45) is -0.992. The Bertz CT molecular complexity index is 472. The molecule has 0 heterocycles. The summed E-state index contributed by atoms with van der Waals surface area (Å²) in [5.41, 5.74) is 5.83. The van der Waals surface area contributed by atoms with Crippen molar-refractivity contribution in [2.75, 3.05) is 11.9 Å². The lowest BCUT2D eigenvalue weighted by Crippen LogP contribution is -2.27. The highest BCUT2D eigenvalue weighted by atomic mass is 35.5. The molecule has 1 aromatic rings. The van der Waals surface area contributed by atoms with E-state index in [2.05, 4.69) is 5.32 Å². The maximum atomic E-state index is 11.8. The number of carbonyl (C=O) groups excluding carboxylic acids is 1. The lowest BCUT2D eigenvalue weighted by Gasteiger charge is -2.21. The molecule has 0 saturated heterocycles. The summed E-state index contributed by atoms with van der Waals surface area (Å²) in [4.78, 5) is 11.8. The van der Waals surface area contributed by atoms with E-state index in [1.165, 1.54) is 0 Å². The number of benzene rings is 1. The minimum Gasteiger partial charge on any atom is -0.444 e. The van der Waals surface area contributed by atoms with E-state index in [1.54, 1.807) is 39.0 Å². The van der Waals surface area contributed by atoms with Gasteiger partial charge in [0.05, 0.1) is 6.10 Å². The second-order valence-corrected chi connectivity index (χ2v) is 5.89. The number of carbonyl (C=O) groups is 1. The van der Waals surface area contributed by atoms with Gasteiger partial charge in [-0.25, -0.2) is 4.79 Å². The molecular weight excluding hydrogens is 280 g/mol. The Hall–Kier alpha value is -1.30. The predicted molar refractivity (Wildman–Crippen MR) is 79.9 cm³/mol. The lowest BCUT2D eigenvalue weighted by molar-refractivity contribution is 0.0635. The third-order valence-electron chi connectivity index (χ3n) is 2.45. The van der Waals surface area contributed by atoms with Gasteiger partial charge in [0, 0.05) is 16.3 Å². The molecule has 0 bridgehead atoms. The smallest absolute Gasteiger partial charge is 0.412 e. The summed E-state index contributed by atoms with van der Waals surface area (Å²) in [5.74, 6) is 0. The number of nitrogens with one attached hydrogen (secondary N) is 1. The number of rotatable bonds is 4. The Morgan fingerprint density at radius 2 is 2.15 bits per heavy atom. The van der Waals surface area contributed by atoms with Gasteiger partial charge in [-0.2, -0.15) is 0 Å². The van der Waals surface area contributed by atoms with Crippen LogP contribution in [-0.4, -0.2) is 23.3 Å². The second-order valence-electron chi connectivity index (χ2n) is 5.45. The number of aliphatic hydroxyl groups excluding tert-OH is 1. The van der Waals surface area contributed by atoms with Crippen LogP contribution in [0.15, 0.2) is 18.2 Å². The quantitative estimate of drug-likeness (QED) is 0.798. The number of hydrogen-bond donors (Lipinski definition) is 3. The van der Waals surface area contributed by atoms with Crippen LogP contribution in [0.4, 0.5) is 10.5 Å². The number of ether oxygens (including phenoxy) is 1. The molecule has 0 saturated carbocycles. The van der Waals surface area contributed by atoms with E-state index in [1.807, 2.05) is 0 Å². The standard InChI is InChI=1S/C14H21ClN2O3/c1-14(2,3)20-13(19)17-11-5-4-9(15)8-10(11)12(18)6-7-16/h4-5,8,12,18H,6-7,16H2,1-3H3,(H,17,19)/t12-/m1/s1. The van der Waals surface area contributed by atoms with Crippen molar-refractivity contribution in [1.29, 1.82) is 0 Å². The highest BCUT2D eigenvalue weighted by Crippen LogP contribution is 2.28. The van der Waals surface area contributed by atoms with E-state index in [4.69, 9.17) is 22.1 Å². The first-order valence-corrected chi connectivity index (χ1v) is 6.78. The highest BCUT2D eigenvalue weighted by Gasteiger charge is 2.19. The van der Waals surface area contributed by atoms with Crippen molar-refractivity contribution in [2.24, 2.45) is 5.73 Å². The van der Waals surface area contributed by atoms with E-state index in [0.29, 0.717) is 29.2 Å². The number of hydrogen-bond acceptors (Lipinski definition) is 4. The van der Waals surface area contributed by atoms with Crippen LogP contribution >= 0.6 is 11.6 Å². The number of anilines is 1. The Morgan fingerprint density at radius 1 is 1.50 bits per heavy atom. The lowest BCUT2D eigenvalue weighted by atomic mass is 10.0. The number of halogens is 1. The topological polar surface area (TPSA) is 84.6 Å². The first-order chi connectivity index (χ1) is 9.23. The zero-order valence-corrected chi connectivity index (χ0v) is 12.7. The summed E-state index contributed by atoms with van der Waals surface area (Å²) in [6, 6.07) is 4.86. The third kappa shape index (κ3) is 5.36. The molecule has 112 valence electrons. The Morgan fingerprint density at radius 3 is 2.70 bits per heavy atom. The molecule has 6 heteroatoms. The van der Waals surface area contributed by atoms with Crippen LogP contribution < -0.4 is 11.1 Å². The number of amides is 1. The molecule has 0 radical (unpaired) electrons. The molecule has 0 aliphatic heterocycles. The minimum atomic E-state index is -0.788. The summed E-state index contributed by atoms with van der Waals surface area (Å²) in [6.45, 7) is 5.66. The van der Waals surface area contributed by atoms with Crippen LogP contribution in [0.1, 0.15) is 38.9 Å². The van der Waals surface area contributed by atoms with E-state index in [0.717, 1.165) is 0 Å². The first-order valence-electron chi connectivity index (χ1n) is 6.40. The van der Waals surface area contributed by atoms with Gasteiger partial charge in [0.2, 0.25) is 0 Å². The molecule has 1 aromatic carbocycles. The molecule has 0 aliphatic rings. The third-order valence-corrected chi connectivity index (χ3v) is 2.68. The Balaban J connectivity index is 2.91. The van der Waals surface area contributed by atoms with Crippen LogP contribution in [0.2, 0.25) is 5.02 Å². The summed E-state index contributed by atoms with van der Waals surface area (Å²) in [5, 5.41) is 13.1. The van der Waals surface area contributed by atoms with Crippen LogP contribution in [-0.2, 0) is 4.74 Å². The van der Waals surface area contributed by atoms with Crippen molar-refractivity contribution in [3.05, 3.63) is 28.8 Å². The van der Waals surface area contributed by atoms with Crippen LogP contribution in [0.25, 0.3) is 0 Å². The summed E-state index contributed by atoms with van der Waals surface area (Å²) >= 11 is 5.92. The summed E-state index contributed by atoms with van der Waals surface area (Å²) in [7, 11) is 0. The molecule has 20 heavy (non-hydrogen) atoms. The fourth-order valence-electron chi connectivity index (χ4n) is 1.65. The van der Waals surface area contributed by atoms with E-state index in [9.17, 15) is 9.90 Å². The number of nitrogens with two attached hydrogens (primary N) is 1. The Labute approximate surface area is 124 Å². The molecule has 5 nitrogen and oxygen atoms in total. The zero-order valence-electron chi connectivity index (χ0n) is 11.9. The van der Waals surface area contributed by atoms with Crippen LogP contribution in [0.3, 0.4) is 0 Å². The average molecular weight is 301 g/mol. The van der Waals surface area contributed by atoms with E-state index in [-0.39, 0.29) is 0 Å². The second kappa shape index (κ2) is 6.92. The van der Waals surface area contributed by atoms with Gasteiger partial charge in [0.15, 0.2) is 0 Å². The molecular formula is C14H21ClN2O3. The van der Waals surface area contributed by atoms with Gasteiger partial charge < -0.3 is 15.6 Å². The van der Waals surface area contributed by atoms with E-state index >= 15 is 0 Å². The van der Waals surface area contributed by atoms with Crippen molar-refractivity contribution >= 4 is 23.4 Å². The first kappa shape index (κ1) is 16.8. The van der Waals surface area contributed by atoms with Crippen molar-refractivity contribution < 1.29 is 14.6 Å². The molecule has 4 N–H and O–H groups in total. The van der Waals surface area contributed by atoms with Crippen LogP contribution in [0, 0.1) is 0 Å². The van der Waals surface area contributed by atoms with Gasteiger partial charge in [-0.15, -0.1) is 0 Å². The Kier molecular flexibility index (Phi) is 5.80. The normalized spacial score (nSPS) is 12.9. The van der Waals surface area contributed by atoms with Crippen molar-refractivity contribution in [3.8, 4) is 0 Å². The van der Waals surface area contributed by atoms with Gasteiger partial charge in [0.1, 0.15) is 5.60 Å². The van der Waals surface area contributed by atoms with Gasteiger partial charge in [-0.3, -0.25) is 5.32 Å². The molecule has 0 spiro atoms. The monoisotopic (exact) mass is 300 g/mol. The van der Waals surface area contributed by atoms with Crippen molar-refractivity contribution in [2.45, 2.75) is 38.9 Å². The van der Waals surface area contributed by atoms with Crippen molar-refractivity contribution in [1.82, 2.24) is 0 Å². The fraction of sp³-hybridized carbons (Fsp3) is 0.500. The average Bonchev–Trinajstić information content (AvgIpc) is 2.29. The van der Waals surface area contributed by atoms with Crippen LogP contribution in [0.5, 0.6) is 0 Å². The van der Waals surface area contributed by atoms with Gasteiger partial charge in [0.25, 0.3) is 0 Å². The minimum absolute atomic E-state index is 0.333. The molecule has 1 amide bonds. The van der Waals surface area contributed by atoms with E-state index < -0.39 is 17.8 Å². The highest BCUT2D eigenvalue weighted by molar-refractivity contribution is 6.30. The van der Waals surface area contributed by atoms with Crippen molar-refractivity contribution in [3.63, 3.8) is 0 Å². The molecule has 0 fully saturated rings. The van der Waals surface area contributed by atoms with Gasteiger partial charge >= 0.3 is 6.09 Å².